The number of alkyl halides is 2. The van der Waals surface area contributed by atoms with E-state index in [9.17, 15) is 18.0 Å². The van der Waals surface area contributed by atoms with E-state index in [1.165, 1.54) is 6.07 Å². The second-order valence-electron chi connectivity index (χ2n) is 3.03. The summed E-state index contributed by atoms with van der Waals surface area (Å²) in [4.78, 5) is 14.1. The molecule has 90 valence electrons. The molecule has 0 aliphatic heterocycles. The van der Waals surface area contributed by atoms with Crippen molar-refractivity contribution in [3.05, 3.63) is 28.8 Å². The molecule has 0 spiro atoms. The minimum atomic E-state index is -3.07. The van der Waals surface area contributed by atoms with Gasteiger partial charge in [-0.05, 0) is 5.56 Å². The molecule has 0 unspecified atom stereocenters. The second kappa shape index (κ2) is 5.30. The fraction of sp³-hybridized carbons (Fsp3) is 0.300. The van der Waals surface area contributed by atoms with Gasteiger partial charge in [0, 0.05) is 11.8 Å². The summed E-state index contributed by atoms with van der Waals surface area (Å²) in [6.45, 7) is 0. The van der Waals surface area contributed by atoms with Crippen LogP contribution in [0.5, 0.6) is 0 Å². The van der Waals surface area contributed by atoms with Gasteiger partial charge in [0.2, 0.25) is 5.95 Å². The molecule has 0 saturated carbocycles. The Morgan fingerprint density at radius 2 is 2.29 bits per heavy atom. The van der Waals surface area contributed by atoms with E-state index in [1.54, 1.807) is 0 Å². The molecule has 4 nitrogen and oxygen atoms in total. The monoisotopic (exact) mass is 244 g/mol. The number of rotatable bonds is 3. The van der Waals surface area contributed by atoms with E-state index < -0.39 is 35.9 Å². The number of esters is 1. The Morgan fingerprint density at radius 3 is 2.76 bits per heavy atom. The number of carbonyl (C=O) groups excluding carboxylic acids is 1. The van der Waals surface area contributed by atoms with Crippen LogP contribution in [0.15, 0.2) is 6.20 Å². The lowest BCUT2D eigenvalue weighted by molar-refractivity contribution is -0.139. The van der Waals surface area contributed by atoms with Crippen LogP contribution in [0, 0.1) is 17.3 Å². The number of hydrogen-bond acceptors (Lipinski definition) is 4. The highest BCUT2D eigenvalue weighted by Gasteiger charge is 2.23. The normalized spacial score (nSPS) is 10.1. The number of halogens is 3. The average molecular weight is 244 g/mol. The predicted molar refractivity (Wildman–Crippen MR) is 49.6 cm³/mol. The van der Waals surface area contributed by atoms with Gasteiger partial charge in [-0.3, -0.25) is 4.79 Å². The fourth-order valence-corrected chi connectivity index (χ4v) is 1.26. The van der Waals surface area contributed by atoms with Crippen molar-refractivity contribution < 1.29 is 22.7 Å². The molecule has 1 heterocycles. The fourth-order valence-electron chi connectivity index (χ4n) is 1.26. The van der Waals surface area contributed by atoms with E-state index in [2.05, 4.69) is 9.72 Å². The van der Waals surface area contributed by atoms with Gasteiger partial charge in [-0.15, -0.1) is 0 Å². The zero-order valence-electron chi connectivity index (χ0n) is 8.71. The predicted octanol–water partition coefficient (Wildman–Crippen LogP) is 1.75. The first-order chi connectivity index (χ1) is 8.01. The smallest absolute Gasteiger partial charge is 0.310 e. The van der Waals surface area contributed by atoms with Crippen LogP contribution >= 0.6 is 0 Å². The SMILES string of the molecule is COC(=O)Cc1cnc(F)c(C#N)c1C(F)F. The highest BCUT2D eigenvalue weighted by atomic mass is 19.3. The molecule has 1 aromatic heterocycles. The third kappa shape index (κ3) is 2.72. The first-order valence-electron chi connectivity index (χ1n) is 4.43. The van der Waals surface area contributed by atoms with Gasteiger partial charge in [0.15, 0.2) is 0 Å². The Kier molecular flexibility index (Phi) is 4.04. The van der Waals surface area contributed by atoms with Crippen LogP contribution in [0.25, 0.3) is 0 Å². The lowest BCUT2D eigenvalue weighted by Crippen LogP contribution is -2.10. The standard InChI is InChI=1S/C10H7F3N2O2/c1-17-7(16)2-5-4-15-10(13)6(3-14)8(5)9(11)12/h4,9H,2H2,1H3. The first-order valence-corrected chi connectivity index (χ1v) is 4.43. The molecule has 0 aromatic carbocycles. The van der Waals surface area contributed by atoms with Gasteiger partial charge >= 0.3 is 5.97 Å². The van der Waals surface area contributed by atoms with Crippen LogP contribution < -0.4 is 0 Å². The van der Waals surface area contributed by atoms with Crippen molar-refractivity contribution >= 4 is 5.97 Å². The van der Waals surface area contributed by atoms with Gasteiger partial charge in [0.05, 0.1) is 13.5 Å². The summed E-state index contributed by atoms with van der Waals surface area (Å²) in [6.07, 6.45) is -2.76. The number of pyridine rings is 1. The number of carbonyl (C=O) groups is 1. The summed E-state index contributed by atoms with van der Waals surface area (Å²) in [7, 11) is 1.09. The quantitative estimate of drug-likeness (QED) is 0.600. The second-order valence-corrected chi connectivity index (χ2v) is 3.03. The van der Waals surface area contributed by atoms with Gasteiger partial charge in [0.1, 0.15) is 11.6 Å². The van der Waals surface area contributed by atoms with Crippen LogP contribution in [0.2, 0.25) is 0 Å². The molecule has 7 heteroatoms. The maximum absolute atomic E-state index is 13.0. The number of methoxy groups -OCH3 is 1. The van der Waals surface area contributed by atoms with Crippen molar-refractivity contribution in [3.63, 3.8) is 0 Å². The summed E-state index contributed by atoms with van der Waals surface area (Å²) < 4.78 is 42.8. The van der Waals surface area contributed by atoms with E-state index in [-0.39, 0.29) is 5.56 Å². The molecule has 0 radical (unpaired) electrons. The van der Waals surface area contributed by atoms with E-state index >= 15 is 0 Å². The third-order valence-corrected chi connectivity index (χ3v) is 2.05. The first kappa shape index (κ1) is 13.0. The third-order valence-electron chi connectivity index (χ3n) is 2.05. The Bertz CT molecular complexity index is 483. The molecule has 0 N–H and O–H groups in total. The molecule has 1 rings (SSSR count). The van der Waals surface area contributed by atoms with Gasteiger partial charge in [-0.2, -0.15) is 9.65 Å². The Balaban J connectivity index is 3.31. The Labute approximate surface area is 94.6 Å². The van der Waals surface area contributed by atoms with Crippen molar-refractivity contribution in [2.24, 2.45) is 0 Å². The van der Waals surface area contributed by atoms with Crippen molar-refractivity contribution in [3.8, 4) is 6.07 Å². The number of hydrogen-bond donors (Lipinski definition) is 0. The highest BCUT2D eigenvalue weighted by molar-refractivity contribution is 5.73. The van der Waals surface area contributed by atoms with Crippen molar-refractivity contribution in [1.29, 1.82) is 5.26 Å². The van der Waals surface area contributed by atoms with Crippen molar-refractivity contribution in [2.75, 3.05) is 7.11 Å². The highest BCUT2D eigenvalue weighted by Crippen LogP contribution is 2.27. The molecule has 0 aliphatic rings. The number of aromatic nitrogens is 1. The van der Waals surface area contributed by atoms with E-state index in [4.69, 9.17) is 5.26 Å². The molecule has 17 heavy (non-hydrogen) atoms. The van der Waals surface area contributed by atoms with Crippen LogP contribution in [0.1, 0.15) is 23.1 Å². The molecule has 1 aromatic rings. The number of nitriles is 1. The Hall–Kier alpha value is -2.10. The number of nitrogens with zero attached hydrogens (tertiary/aromatic N) is 2. The summed E-state index contributed by atoms with van der Waals surface area (Å²) in [6, 6.07) is 1.31. The number of ether oxygens (including phenoxy) is 1. The molecule has 0 fully saturated rings. The molecule has 0 saturated heterocycles. The lowest BCUT2D eigenvalue weighted by atomic mass is 10.0. The van der Waals surface area contributed by atoms with Crippen LogP contribution in [-0.4, -0.2) is 18.1 Å². The topological polar surface area (TPSA) is 63.0 Å². The average Bonchev–Trinajstić information content (AvgIpc) is 2.30. The molecule has 0 atom stereocenters. The van der Waals surface area contributed by atoms with Crippen LogP contribution in [0.3, 0.4) is 0 Å². The maximum atomic E-state index is 13.0. The maximum Gasteiger partial charge on any atom is 0.310 e. The van der Waals surface area contributed by atoms with Gasteiger partial charge in [-0.25, -0.2) is 13.8 Å². The molecule has 0 amide bonds. The summed E-state index contributed by atoms with van der Waals surface area (Å²) in [5.41, 5.74) is -1.88. The molecular weight excluding hydrogens is 237 g/mol. The lowest BCUT2D eigenvalue weighted by Gasteiger charge is -2.09. The van der Waals surface area contributed by atoms with E-state index in [0.717, 1.165) is 13.3 Å². The van der Waals surface area contributed by atoms with Gasteiger partial charge in [0.25, 0.3) is 6.43 Å². The van der Waals surface area contributed by atoms with E-state index in [1.807, 2.05) is 0 Å². The zero-order chi connectivity index (χ0) is 13.0. The summed E-state index contributed by atoms with van der Waals surface area (Å²) in [5, 5.41) is 8.58. The zero-order valence-corrected chi connectivity index (χ0v) is 8.71. The van der Waals surface area contributed by atoms with Crippen molar-refractivity contribution in [1.82, 2.24) is 4.98 Å². The minimum absolute atomic E-state index is 0.218. The van der Waals surface area contributed by atoms with E-state index in [0.29, 0.717) is 0 Å². The molecule has 0 bridgehead atoms. The Morgan fingerprint density at radius 1 is 1.65 bits per heavy atom. The van der Waals surface area contributed by atoms with Crippen molar-refractivity contribution in [2.45, 2.75) is 12.8 Å². The van der Waals surface area contributed by atoms with Crippen LogP contribution in [-0.2, 0) is 16.0 Å². The van der Waals surface area contributed by atoms with Gasteiger partial charge < -0.3 is 4.74 Å². The minimum Gasteiger partial charge on any atom is -0.469 e. The summed E-state index contributed by atoms with van der Waals surface area (Å²) in [5.74, 6) is -2.05. The largest absolute Gasteiger partial charge is 0.469 e. The van der Waals surface area contributed by atoms with Crippen LogP contribution in [0.4, 0.5) is 13.2 Å². The molecule has 0 aliphatic carbocycles. The summed E-state index contributed by atoms with van der Waals surface area (Å²) >= 11 is 0. The van der Waals surface area contributed by atoms with Gasteiger partial charge in [-0.1, -0.05) is 0 Å². The molecular formula is C10H7F3N2O2.